The van der Waals surface area contributed by atoms with Crippen LogP contribution in [0.2, 0.25) is 5.02 Å². The van der Waals surface area contributed by atoms with Gasteiger partial charge in [-0.05, 0) is 24.3 Å². The number of nitrogens with zero attached hydrogens (tertiary/aromatic N) is 4. The molecule has 2 aromatic carbocycles. The van der Waals surface area contributed by atoms with Gasteiger partial charge in [-0.25, -0.2) is 4.98 Å². The van der Waals surface area contributed by atoms with Gasteiger partial charge in [0, 0.05) is 36.3 Å². The lowest BCUT2D eigenvalue weighted by Crippen LogP contribution is -2.50. The maximum Gasteiger partial charge on any atom is 0.271 e. The molecule has 0 N–H and O–H groups in total. The van der Waals surface area contributed by atoms with Gasteiger partial charge in [-0.15, -0.1) is 11.3 Å². The van der Waals surface area contributed by atoms with Crippen LogP contribution >= 0.6 is 22.9 Å². The number of carbonyl (C=O) groups excluding carboxylic acids is 1. The summed E-state index contributed by atoms with van der Waals surface area (Å²) in [5.41, 5.74) is 1.40. The number of halogens is 1. The Morgan fingerprint density at radius 1 is 1.12 bits per heavy atom. The van der Waals surface area contributed by atoms with Gasteiger partial charge in [-0.2, -0.15) is 0 Å². The van der Waals surface area contributed by atoms with Crippen LogP contribution < -0.4 is 15.2 Å². The second-order valence-corrected chi connectivity index (χ2v) is 9.07. The molecule has 1 aliphatic heterocycles. The molecular formula is C23H21ClN4O3S. The van der Waals surface area contributed by atoms with E-state index >= 15 is 0 Å². The third kappa shape index (κ3) is 3.59. The highest BCUT2D eigenvalue weighted by Gasteiger charge is 2.24. The van der Waals surface area contributed by atoms with Crippen molar-refractivity contribution >= 4 is 54.8 Å². The van der Waals surface area contributed by atoms with Crippen molar-refractivity contribution in [3.63, 3.8) is 0 Å². The van der Waals surface area contributed by atoms with Gasteiger partial charge < -0.3 is 14.5 Å². The van der Waals surface area contributed by atoms with E-state index in [1.165, 1.54) is 22.2 Å². The number of anilines is 1. The second-order valence-electron chi connectivity index (χ2n) is 7.61. The van der Waals surface area contributed by atoms with E-state index in [2.05, 4.69) is 9.88 Å². The van der Waals surface area contributed by atoms with Gasteiger partial charge in [0.15, 0.2) is 0 Å². The highest BCUT2D eigenvalue weighted by molar-refractivity contribution is 7.25. The Hall–Kier alpha value is -3.10. The smallest absolute Gasteiger partial charge is 0.271 e. The zero-order valence-corrected chi connectivity index (χ0v) is 19.0. The largest absolute Gasteiger partial charge is 0.495 e. The van der Waals surface area contributed by atoms with E-state index in [9.17, 15) is 9.59 Å². The van der Waals surface area contributed by atoms with Crippen LogP contribution in [0.1, 0.15) is 0 Å². The van der Waals surface area contributed by atoms with Crippen LogP contribution in [0.3, 0.4) is 0 Å². The van der Waals surface area contributed by atoms with E-state index in [1.54, 1.807) is 18.1 Å². The van der Waals surface area contributed by atoms with Crippen LogP contribution in [-0.2, 0) is 11.3 Å². The van der Waals surface area contributed by atoms with Crippen molar-refractivity contribution in [1.29, 1.82) is 0 Å². The van der Waals surface area contributed by atoms with Crippen molar-refractivity contribution in [1.82, 2.24) is 14.5 Å². The quantitative estimate of drug-likeness (QED) is 0.457. The van der Waals surface area contributed by atoms with Crippen molar-refractivity contribution in [3.8, 4) is 5.75 Å². The predicted octanol–water partition coefficient (Wildman–Crippen LogP) is 3.62. The fourth-order valence-corrected chi connectivity index (χ4v) is 5.57. The molecule has 1 saturated heterocycles. The molecule has 7 nitrogen and oxygen atoms in total. The van der Waals surface area contributed by atoms with Crippen LogP contribution in [0.4, 0.5) is 5.69 Å². The number of piperazine rings is 1. The molecule has 1 amide bonds. The number of ether oxygens (including phenoxy) is 1. The van der Waals surface area contributed by atoms with Gasteiger partial charge in [0.1, 0.15) is 17.0 Å². The molecule has 0 bridgehead atoms. The first-order chi connectivity index (χ1) is 15.6. The molecule has 0 aliphatic carbocycles. The fraction of sp³-hybridized carbons (Fsp3) is 0.261. The van der Waals surface area contributed by atoms with Crippen LogP contribution in [0.25, 0.3) is 20.3 Å². The number of rotatable bonds is 4. The molecule has 9 heteroatoms. The summed E-state index contributed by atoms with van der Waals surface area (Å²) in [6.07, 6.45) is 1.45. The highest BCUT2D eigenvalue weighted by atomic mass is 35.5. The summed E-state index contributed by atoms with van der Waals surface area (Å²) in [4.78, 5) is 34.4. The third-order valence-corrected chi connectivity index (χ3v) is 7.23. The molecule has 1 aliphatic rings. The molecule has 0 saturated carbocycles. The number of thiophene rings is 1. The second kappa shape index (κ2) is 8.44. The number of amides is 1. The monoisotopic (exact) mass is 468 g/mol. The Kier molecular flexibility index (Phi) is 5.48. The molecule has 2 aromatic heterocycles. The lowest BCUT2D eigenvalue weighted by atomic mass is 10.2. The number of fused-ring (bicyclic) bond motifs is 3. The van der Waals surface area contributed by atoms with Crippen LogP contribution in [-0.4, -0.2) is 53.6 Å². The summed E-state index contributed by atoms with van der Waals surface area (Å²) in [5.74, 6) is 0.730. The highest BCUT2D eigenvalue weighted by Crippen LogP contribution is 2.35. The van der Waals surface area contributed by atoms with E-state index in [-0.39, 0.29) is 18.0 Å². The molecule has 5 rings (SSSR count). The standard InChI is InChI=1S/C23H21ClN4O3S/c1-31-17-7-3-2-6-16(17)26-9-11-27(12-10-26)19(29)13-28-14-25-21-20-15(24)5-4-8-18(20)32-22(21)23(28)30/h2-8,14H,9-13H2,1H3. The van der Waals surface area contributed by atoms with Crippen LogP contribution in [0, 0.1) is 0 Å². The van der Waals surface area contributed by atoms with E-state index in [4.69, 9.17) is 16.3 Å². The minimum Gasteiger partial charge on any atom is -0.495 e. The zero-order chi connectivity index (χ0) is 22.2. The predicted molar refractivity (Wildman–Crippen MR) is 128 cm³/mol. The maximum absolute atomic E-state index is 13.0. The molecule has 0 unspecified atom stereocenters. The number of methoxy groups -OCH3 is 1. The topological polar surface area (TPSA) is 67.7 Å². The summed E-state index contributed by atoms with van der Waals surface area (Å²) in [7, 11) is 1.66. The fourth-order valence-electron chi connectivity index (χ4n) is 4.12. The summed E-state index contributed by atoms with van der Waals surface area (Å²) in [6, 6.07) is 13.4. The normalized spacial score (nSPS) is 14.3. The minimum absolute atomic E-state index is 0.0294. The lowest BCUT2D eigenvalue weighted by Gasteiger charge is -2.36. The Morgan fingerprint density at radius 3 is 2.69 bits per heavy atom. The first-order valence-corrected chi connectivity index (χ1v) is 11.5. The molecule has 32 heavy (non-hydrogen) atoms. The molecule has 0 spiro atoms. The molecule has 164 valence electrons. The zero-order valence-electron chi connectivity index (χ0n) is 17.5. The van der Waals surface area contributed by atoms with Gasteiger partial charge in [-0.3, -0.25) is 14.2 Å². The van der Waals surface area contributed by atoms with E-state index in [0.717, 1.165) is 21.5 Å². The summed E-state index contributed by atoms with van der Waals surface area (Å²) < 4.78 is 8.27. The SMILES string of the molecule is COc1ccccc1N1CCN(C(=O)Cn2cnc3c(sc4cccc(Cl)c43)c2=O)CC1. The molecule has 1 fully saturated rings. The Labute approximate surface area is 193 Å². The van der Waals surface area contributed by atoms with Gasteiger partial charge in [0.05, 0.1) is 29.7 Å². The molecule has 0 radical (unpaired) electrons. The van der Waals surface area contributed by atoms with Gasteiger partial charge in [0.2, 0.25) is 5.91 Å². The number of benzene rings is 2. The number of carbonyl (C=O) groups is 1. The van der Waals surface area contributed by atoms with Crippen molar-refractivity contribution in [3.05, 3.63) is 64.2 Å². The summed E-state index contributed by atoms with van der Waals surface area (Å²) in [6.45, 7) is 2.54. The van der Waals surface area contributed by atoms with Crippen molar-refractivity contribution in [2.75, 3.05) is 38.2 Å². The van der Waals surface area contributed by atoms with Gasteiger partial charge in [0.25, 0.3) is 5.56 Å². The first kappa shape index (κ1) is 20.8. The Morgan fingerprint density at radius 2 is 1.91 bits per heavy atom. The molecule has 4 aromatic rings. The van der Waals surface area contributed by atoms with Crippen LogP contribution in [0.5, 0.6) is 5.75 Å². The minimum atomic E-state index is -0.215. The molecular weight excluding hydrogens is 448 g/mol. The number of hydrogen-bond donors (Lipinski definition) is 0. The van der Waals surface area contributed by atoms with Gasteiger partial charge >= 0.3 is 0 Å². The number of hydrogen-bond acceptors (Lipinski definition) is 6. The summed E-state index contributed by atoms with van der Waals surface area (Å²) in [5, 5.41) is 1.36. The average molecular weight is 469 g/mol. The maximum atomic E-state index is 13.0. The average Bonchev–Trinajstić information content (AvgIpc) is 3.21. The van der Waals surface area contributed by atoms with Gasteiger partial charge in [-0.1, -0.05) is 29.8 Å². The Balaban J connectivity index is 1.32. The van der Waals surface area contributed by atoms with Crippen molar-refractivity contribution < 1.29 is 9.53 Å². The van der Waals surface area contributed by atoms with E-state index < -0.39 is 0 Å². The van der Waals surface area contributed by atoms with Crippen molar-refractivity contribution in [2.24, 2.45) is 0 Å². The van der Waals surface area contributed by atoms with E-state index in [1.807, 2.05) is 36.4 Å². The molecule has 3 heterocycles. The number of para-hydroxylation sites is 2. The van der Waals surface area contributed by atoms with Crippen molar-refractivity contribution in [2.45, 2.75) is 6.54 Å². The van der Waals surface area contributed by atoms with E-state index in [0.29, 0.717) is 41.4 Å². The van der Waals surface area contributed by atoms with Crippen LogP contribution in [0.15, 0.2) is 53.6 Å². The molecule has 0 atom stereocenters. The number of aromatic nitrogens is 2. The Bertz CT molecular complexity index is 1370. The summed E-state index contributed by atoms with van der Waals surface area (Å²) >= 11 is 7.67. The third-order valence-electron chi connectivity index (χ3n) is 5.78. The first-order valence-electron chi connectivity index (χ1n) is 10.3. The lowest BCUT2D eigenvalue weighted by molar-refractivity contribution is -0.132.